The zero-order valence-electron chi connectivity index (χ0n) is 19.1. The normalized spacial score (nSPS) is 15.8. The second kappa shape index (κ2) is 8.88. The average Bonchev–Trinajstić information content (AvgIpc) is 3.57. The maximum absolute atomic E-state index is 13.4. The van der Waals surface area contributed by atoms with E-state index in [9.17, 15) is 14.7 Å². The third kappa shape index (κ3) is 3.91. The molecular formula is C27H22N2O5S. The molecular weight excluding hydrogens is 464 g/mol. The van der Waals surface area contributed by atoms with Crippen LogP contribution < -0.4 is 9.64 Å². The first-order valence-electron chi connectivity index (χ1n) is 11.0. The molecule has 1 N–H and O–H groups in total. The Balaban J connectivity index is 1.64. The number of carbonyl (C=O) groups excluding carboxylic acids is 2. The van der Waals surface area contributed by atoms with Crippen LogP contribution in [0, 0.1) is 13.8 Å². The summed E-state index contributed by atoms with van der Waals surface area (Å²) < 4.78 is 11.8. The van der Waals surface area contributed by atoms with E-state index < -0.39 is 23.5 Å². The highest BCUT2D eigenvalue weighted by Crippen LogP contribution is 2.44. The van der Waals surface area contributed by atoms with Gasteiger partial charge in [-0.05, 0) is 60.9 Å². The molecule has 1 unspecified atom stereocenters. The number of ketones is 1. The molecule has 0 saturated heterocycles. The Bertz CT molecular complexity index is 1480. The van der Waals surface area contributed by atoms with E-state index in [1.807, 2.05) is 26.0 Å². The SMILES string of the molecule is C=CCOc1ccc(C2C(C(=O)c3ccco3)=C(O)C(=O)N2c2nc3c(C)cc(C)cc3s2)cc1. The minimum Gasteiger partial charge on any atom is -0.503 e. The number of furan rings is 1. The first-order chi connectivity index (χ1) is 16.9. The van der Waals surface area contributed by atoms with Crippen LogP contribution in [-0.2, 0) is 4.79 Å². The van der Waals surface area contributed by atoms with Gasteiger partial charge in [-0.2, -0.15) is 0 Å². The van der Waals surface area contributed by atoms with Gasteiger partial charge in [-0.3, -0.25) is 14.5 Å². The third-order valence-corrected chi connectivity index (χ3v) is 6.79. The monoisotopic (exact) mass is 486 g/mol. The number of aryl methyl sites for hydroxylation is 2. The highest BCUT2D eigenvalue weighted by Gasteiger charge is 2.46. The molecule has 7 nitrogen and oxygen atoms in total. The van der Waals surface area contributed by atoms with Gasteiger partial charge in [0, 0.05) is 0 Å². The molecule has 0 radical (unpaired) electrons. The Labute approximate surface area is 205 Å². The number of aromatic nitrogens is 1. The maximum atomic E-state index is 13.4. The van der Waals surface area contributed by atoms with E-state index in [-0.39, 0.29) is 11.3 Å². The number of hydrogen-bond acceptors (Lipinski definition) is 7. The summed E-state index contributed by atoms with van der Waals surface area (Å²) in [4.78, 5) is 32.8. The molecule has 35 heavy (non-hydrogen) atoms. The largest absolute Gasteiger partial charge is 0.503 e. The molecule has 0 saturated carbocycles. The number of thiazole rings is 1. The Morgan fingerprint density at radius 3 is 2.71 bits per heavy atom. The fourth-order valence-corrected chi connectivity index (χ4v) is 5.42. The molecule has 0 bridgehead atoms. The molecule has 0 aliphatic carbocycles. The summed E-state index contributed by atoms with van der Waals surface area (Å²) >= 11 is 1.34. The summed E-state index contributed by atoms with van der Waals surface area (Å²) in [5.74, 6) is -1.22. The number of carbonyl (C=O) groups is 2. The second-order valence-electron chi connectivity index (χ2n) is 8.24. The number of amides is 1. The van der Waals surface area contributed by atoms with Gasteiger partial charge in [0.25, 0.3) is 5.91 Å². The van der Waals surface area contributed by atoms with Gasteiger partial charge in [0.1, 0.15) is 12.4 Å². The predicted molar refractivity (Wildman–Crippen MR) is 134 cm³/mol. The van der Waals surface area contributed by atoms with Crippen molar-refractivity contribution in [3.05, 3.63) is 101 Å². The van der Waals surface area contributed by atoms with Crippen LogP contribution in [0.1, 0.15) is 33.3 Å². The van der Waals surface area contributed by atoms with Crippen molar-refractivity contribution >= 4 is 38.4 Å². The number of aliphatic hydroxyl groups excluding tert-OH is 1. The van der Waals surface area contributed by atoms with Crippen molar-refractivity contribution in [2.75, 3.05) is 11.5 Å². The molecule has 0 fully saturated rings. The van der Waals surface area contributed by atoms with Gasteiger partial charge < -0.3 is 14.3 Å². The summed E-state index contributed by atoms with van der Waals surface area (Å²) in [7, 11) is 0. The van der Waals surface area contributed by atoms with E-state index in [1.54, 1.807) is 36.4 Å². The maximum Gasteiger partial charge on any atom is 0.296 e. The first kappa shape index (κ1) is 22.6. The van der Waals surface area contributed by atoms with Crippen LogP contribution in [0.15, 0.2) is 83.2 Å². The van der Waals surface area contributed by atoms with Gasteiger partial charge in [-0.1, -0.05) is 42.2 Å². The van der Waals surface area contributed by atoms with Gasteiger partial charge in [-0.15, -0.1) is 0 Å². The molecule has 1 amide bonds. The number of nitrogens with zero attached hydrogens (tertiary/aromatic N) is 2. The highest BCUT2D eigenvalue weighted by molar-refractivity contribution is 7.22. The van der Waals surface area contributed by atoms with E-state index in [1.165, 1.54) is 28.6 Å². The summed E-state index contributed by atoms with van der Waals surface area (Å²) in [6.07, 6.45) is 3.02. The standard InChI is InChI=1S/C27H22N2O5S/c1-4-11-33-18-9-7-17(8-10-18)23-21(24(30)19-6-5-12-34-19)25(31)26(32)29(23)27-28-22-16(3)13-15(2)14-20(22)35-27/h4-10,12-14,23,31H,1,11H2,2-3H3. The summed E-state index contributed by atoms with van der Waals surface area (Å²) in [5, 5.41) is 11.3. The van der Waals surface area contributed by atoms with Crippen LogP contribution in [0.25, 0.3) is 10.2 Å². The number of rotatable bonds is 7. The highest BCUT2D eigenvalue weighted by atomic mass is 32.1. The van der Waals surface area contributed by atoms with E-state index in [0.29, 0.717) is 23.1 Å². The average molecular weight is 487 g/mol. The van der Waals surface area contributed by atoms with Crippen molar-refractivity contribution in [2.45, 2.75) is 19.9 Å². The predicted octanol–water partition coefficient (Wildman–Crippen LogP) is 5.85. The molecule has 4 aromatic rings. The van der Waals surface area contributed by atoms with Crippen LogP contribution in [-0.4, -0.2) is 28.4 Å². The summed E-state index contributed by atoms with van der Waals surface area (Å²) in [6, 6.07) is 13.2. The lowest BCUT2D eigenvalue weighted by Crippen LogP contribution is -2.30. The molecule has 5 rings (SSSR count). The number of benzene rings is 2. The minimum absolute atomic E-state index is 0.0351. The number of aliphatic hydroxyl groups is 1. The Hall–Kier alpha value is -4.17. The van der Waals surface area contributed by atoms with E-state index >= 15 is 0 Å². The van der Waals surface area contributed by atoms with E-state index in [2.05, 4.69) is 6.58 Å². The smallest absolute Gasteiger partial charge is 0.296 e. The summed E-state index contributed by atoms with van der Waals surface area (Å²) in [5.41, 5.74) is 3.41. The van der Waals surface area contributed by atoms with Crippen molar-refractivity contribution in [2.24, 2.45) is 0 Å². The van der Waals surface area contributed by atoms with Gasteiger partial charge in [0.15, 0.2) is 16.7 Å². The molecule has 8 heteroatoms. The molecule has 1 aliphatic heterocycles. The lowest BCUT2D eigenvalue weighted by Gasteiger charge is -2.24. The number of fused-ring (bicyclic) bond motifs is 1. The first-order valence-corrected chi connectivity index (χ1v) is 11.8. The number of anilines is 1. The van der Waals surface area contributed by atoms with E-state index in [0.717, 1.165) is 21.3 Å². The third-order valence-electron chi connectivity index (χ3n) is 5.79. The second-order valence-corrected chi connectivity index (χ2v) is 9.25. The molecule has 1 aliphatic rings. The molecule has 1 atom stereocenters. The van der Waals surface area contributed by atoms with Crippen molar-refractivity contribution < 1.29 is 23.8 Å². The fraction of sp³-hybridized carbons (Fsp3) is 0.148. The van der Waals surface area contributed by atoms with Crippen molar-refractivity contribution in [1.29, 1.82) is 0 Å². The van der Waals surface area contributed by atoms with Crippen molar-refractivity contribution in [1.82, 2.24) is 4.98 Å². The molecule has 0 spiro atoms. The van der Waals surface area contributed by atoms with Crippen LogP contribution in [0.4, 0.5) is 5.13 Å². The Morgan fingerprint density at radius 1 is 1.26 bits per heavy atom. The molecule has 2 aromatic carbocycles. The minimum atomic E-state index is -0.893. The number of Topliss-reactive ketones (excluding diaryl/α,β-unsaturated/α-hetero) is 1. The van der Waals surface area contributed by atoms with E-state index in [4.69, 9.17) is 14.1 Å². The van der Waals surface area contributed by atoms with Crippen LogP contribution in [0.2, 0.25) is 0 Å². The molecule has 3 heterocycles. The Morgan fingerprint density at radius 2 is 2.03 bits per heavy atom. The van der Waals surface area contributed by atoms with Crippen LogP contribution >= 0.6 is 11.3 Å². The van der Waals surface area contributed by atoms with Crippen molar-refractivity contribution in [3.8, 4) is 5.75 Å². The quantitative estimate of drug-likeness (QED) is 0.260. The van der Waals surface area contributed by atoms with Gasteiger partial charge in [-0.25, -0.2) is 4.98 Å². The van der Waals surface area contributed by atoms with Gasteiger partial charge in [0.05, 0.1) is 28.1 Å². The topological polar surface area (TPSA) is 92.9 Å². The fourth-order valence-electron chi connectivity index (χ4n) is 4.25. The van der Waals surface area contributed by atoms with Crippen LogP contribution in [0.5, 0.6) is 5.75 Å². The van der Waals surface area contributed by atoms with Crippen LogP contribution in [0.3, 0.4) is 0 Å². The number of hydrogen-bond donors (Lipinski definition) is 1. The summed E-state index contributed by atoms with van der Waals surface area (Å²) in [6.45, 7) is 7.96. The molecule has 176 valence electrons. The zero-order valence-corrected chi connectivity index (χ0v) is 20.0. The molecule has 2 aromatic heterocycles. The Kier molecular flexibility index (Phi) is 5.74. The van der Waals surface area contributed by atoms with Gasteiger partial charge in [0.2, 0.25) is 5.78 Å². The van der Waals surface area contributed by atoms with Gasteiger partial charge >= 0.3 is 0 Å². The number of ether oxygens (including phenoxy) is 1. The lowest BCUT2D eigenvalue weighted by molar-refractivity contribution is -0.117. The zero-order chi connectivity index (χ0) is 24.7. The van der Waals surface area contributed by atoms with Crippen molar-refractivity contribution in [3.63, 3.8) is 0 Å². The lowest BCUT2D eigenvalue weighted by atomic mass is 9.95.